The van der Waals surface area contributed by atoms with Gasteiger partial charge in [0, 0.05) is 18.3 Å². The number of amides is 4. The van der Waals surface area contributed by atoms with Crippen molar-refractivity contribution in [2.45, 2.75) is 33.1 Å². The van der Waals surface area contributed by atoms with E-state index >= 15 is 0 Å². The van der Waals surface area contributed by atoms with Crippen LogP contribution >= 0.6 is 11.8 Å². The molecule has 0 bridgehead atoms. The SMILES string of the molecule is Cc1ccc(C(C)C)c(N2C(=O)CSC2=NC(=O)Nc2ccc(C(=O)N(C)c3ncn(-c4ccc(OC(F)(F)F)cc4)n3)cc2)c1. The summed E-state index contributed by atoms with van der Waals surface area (Å²) in [5.74, 6) is -0.621. The Morgan fingerprint density at radius 1 is 1.07 bits per heavy atom. The van der Waals surface area contributed by atoms with Crippen LogP contribution in [0.2, 0.25) is 0 Å². The third kappa shape index (κ3) is 7.37. The predicted molar refractivity (Wildman–Crippen MR) is 169 cm³/mol. The van der Waals surface area contributed by atoms with Gasteiger partial charge in [0.15, 0.2) is 5.17 Å². The van der Waals surface area contributed by atoms with Crippen LogP contribution < -0.4 is 19.9 Å². The molecule has 0 unspecified atom stereocenters. The summed E-state index contributed by atoms with van der Waals surface area (Å²) in [7, 11) is 1.47. The van der Waals surface area contributed by atoms with E-state index in [1.165, 1.54) is 76.0 Å². The summed E-state index contributed by atoms with van der Waals surface area (Å²) < 4.78 is 42.4. The van der Waals surface area contributed by atoms with E-state index in [0.29, 0.717) is 17.1 Å². The Labute approximate surface area is 266 Å². The molecule has 0 radical (unpaired) electrons. The molecule has 46 heavy (non-hydrogen) atoms. The molecule has 1 saturated heterocycles. The van der Waals surface area contributed by atoms with E-state index in [9.17, 15) is 27.6 Å². The summed E-state index contributed by atoms with van der Waals surface area (Å²) in [6.45, 7) is 6.00. The number of ether oxygens (including phenoxy) is 1. The highest BCUT2D eigenvalue weighted by Gasteiger charge is 2.33. The molecule has 1 fully saturated rings. The van der Waals surface area contributed by atoms with Crippen LogP contribution in [0.15, 0.2) is 78.0 Å². The Morgan fingerprint density at radius 3 is 2.41 bits per heavy atom. The van der Waals surface area contributed by atoms with Crippen molar-refractivity contribution in [1.82, 2.24) is 14.8 Å². The third-order valence-corrected chi connectivity index (χ3v) is 7.74. The quantitative estimate of drug-likeness (QED) is 0.241. The van der Waals surface area contributed by atoms with E-state index in [2.05, 4.69) is 25.1 Å². The van der Waals surface area contributed by atoms with E-state index in [-0.39, 0.29) is 40.0 Å². The molecule has 4 aromatic rings. The van der Waals surface area contributed by atoms with Gasteiger partial charge in [-0.3, -0.25) is 19.4 Å². The maximum Gasteiger partial charge on any atom is 0.573 e. The van der Waals surface area contributed by atoms with E-state index < -0.39 is 18.3 Å². The summed E-state index contributed by atoms with van der Waals surface area (Å²) in [6, 6.07) is 16.3. The predicted octanol–water partition coefficient (Wildman–Crippen LogP) is 6.54. The Kier molecular flexibility index (Phi) is 9.14. The van der Waals surface area contributed by atoms with E-state index in [0.717, 1.165) is 23.3 Å². The number of aromatic nitrogens is 3. The maximum absolute atomic E-state index is 13.1. The highest BCUT2D eigenvalue weighted by molar-refractivity contribution is 8.15. The second-order valence-electron chi connectivity index (χ2n) is 10.5. The summed E-state index contributed by atoms with van der Waals surface area (Å²) >= 11 is 1.18. The number of hydrogen-bond donors (Lipinski definition) is 1. The largest absolute Gasteiger partial charge is 0.573 e. The van der Waals surface area contributed by atoms with Crippen molar-refractivity contribution in [3.63, 3.8) is 0 Å². The number of aliphatic imine (C=N–C) groups is 1. The smallest absolute Gasteiger partial charge is 0.406 e. The van der Waals surface area contributed by atoms with Crippen molar-refractivity contribution < 1.29 is 32.3 Å². The van der Waals surface area contributed by atoms with Crippen molar-refractivity contribution in [3.8, 4) is 11.4 Å². The molecule has 15 heteroatoms. The lowest BCUT2D eigenvalue weighted by Crippen LogP contribution is -2.31. The Balaban J connectivity index is 1.24. The molecule has 2 heterocycles. The number of nitrogens with zero attached hydrogens (tertiary/aromatic N) is 6. The molecule has 3 aromatic carbocycles. The number of benzene rings is 3. The fraction of sp³-hybridized carbons (Fsp3) is 0.226. The van der Waals surface area contributed by atoms with Crippen LogP contribution in [0.4, 0.5) is 35.3 Å². The molecule has 0 atom stereocenters. The summed E-state index contributed by atoms with van der Waals surface area (Å²) in [5.41, 5.74) is 3.71. The number of rotatable bonds is 7. The topological polar surface area (TPSA) is 122 Å². The number of halogens is 3. The van der Waals surface area contributed by atoms with Gasteiger partial charge in [-0.1, -0.05) is 37.7 Å². The van der Waals surface area contributed by atoms with Gasteiger partial charge >= 0.3 is 12.4 Å². The van der Waals surface area contributed by atoms with Gasteiger partial charge in [-0.05, 0) is 78.6 Å². The van der Waals surface area contributed by atoms with Crippen molar-refractivity contribution in [2.75, 3.05) is 27.9 Å². The van der Waals surface area contributed by atoms with Crippen molar-refractivity contribution in [2.24, 2.45) is 4.99 Å². The minimum atomic E-state index is -4.80. The number of thioether (sulfide) groups is 1. The lowest BCUT2D eigenvalue weighted by Gasteiger charge is -2.22. The van der Waals surface area contributed by atoms with Gasteiger partial charge in [0.1, 0.15) is 12.1 Å². The normalized spacial score (nSPS) is 14.2. The first kappa shape index (κ1) is 32.2. The number of aryl methyl sites for hydroxylation is 1. The number of anilines is 3. The standard InChI is InChI=1S/C31H28F3N7O4S/c1-18(2)24-14-5-19(3)15-25(24)41-26(42)16-46-30(41)37-29(44)36-21-8-6-20(7-9-21)27(43)39(4)28-35-17-40(38-28)22-10-12-23(13-11-22)45-31(32,33)34/h5-15,17-18H,16H2,1-4H3,(H,36,44). The van der Waals surface area contributed by atoms with Crippen LogP contribution in [0.3, 0.4) is 0 Å². The number of carbonyl (C=O) groups excluding carboxylic acids is 3. The minimum absolute atomic E-state index is 0.0521. The van der Waals surface area contributed by atoms with Crippen LogP contribution in [0.25, 0.3) is 5.69 Å². The van der Waals surface area contributed by atoms with E-state index in [1.54, 1.807) is 0 Å². The summed E-state index contributed by atoms with van der Waals surface area (Å²) in [6.07, 6.45) is -3.49. The number of hydrogen-bond acceptors (Lipinski definition) is 7. The Bertz CT molecular complexity index is 1810. The summed E-state index contributed by atoms with van der Waals surface area (Å²) in [4.78, 5) is 49.7. The second kappa shape index (κ2) is 13.0. The molecule has 0 aliphatic carbocycles. The average Bonchev–Trinajstić information content (AvgIpc) is 3.63. The number of nitrogens with one attached hydrogen (secondary N) is 1. The van der Waals surface area contributed by atoms with Crippen molar-refractivity contribution in [1.29, 1.82) is 0 Å². The molecule has 1 N–H and O–H groups in total. The zero-order chi connectivity index (χ0) is 33.2. The lowest BCUT2D eigenvalue weighted by molar-refractivity contribution is -0.274. The van der Waals surface area contributed by atoms with Gasteiger partial charge in [-0.15, -0.1) is 18.3 Å². The molecular formula is C31H28F3N7O4S. The van der Waals surface area contributed by atoms with Gasteiger partial charge in [-0.25, -0.2) is 9.48 Å². The van der Waals surface area contributed by atoms with Gasteiger partial charge in [0.05, 0.1) is 17.1 Å². The molecule has 1 aromatic heterocycles. The second-order valence-corrected chi connectivity index (χ2v) is 11.5. The number of carbonyl (C=O) groups is 3. The average molecular weight is 652 g/mol. The first-order valence-electron chi connectivity index (χ1n) is 13.9. The zero-order valence-electron chi connectivity index (χ0n) is 25.1. The fourth-order valence-corrected chi connectivity index (χ4v) is 5.43. The number of amidine groups is 1. The number of alkyl halides is 3. The monoisotopic (exact) mass is 651 g/mol. The van der Waals surface area contributed by atoms with Crippen LogP contribution in [-0.4, -0.2) is 56.9 Å². The molecule has 238 valence electrons. The number of urea groups is 1. The van der Waals surface area contributed by atoms with Crippen LogP contribution in [0.1, 0.15) is 41.3 Å². The lowest BCUT2D eigenvalue weighted by atomic mass is 9.99. The maximum atomic E-state index is 13.1. The minimum Gasteiger partial charge on any atom is -0.406 e. The van der Waals surface area contributed by atoms with Gasteiger partial charge < -0.3 is 10.1 Å². The van der Waals surface area contributed by atoms with Crippen LogP contribution in [0.5, 0.6) is 5.75 Å². The molecule has 1 aliphatic heterocycles. The van der Waals surface area contributed by atoms with Crippen molar-refractivity contribution in [3.05, 3.63) is 89.7 Å². The molecule has 4 amide bonds. The van der Waals surface area contributed by atoms with Crippen LogP contribution in [-0.2, 0) is 4.79 Å². The van der Waals surface area contributed by atoms with Gasteiger partial charge in [0.2, 0.25) is 5.91 Å². The summed E-state index contributed by atoms with van der Waals surface area (Å²) in [5, 5.41) is 7.18. The third-order valence-electron chi connectivity index (χ3n) is 6.81. The highest BCUT2D eigenvalue weighted by Crippen LogP contribution is 2.34. The fourth-order valence-electron chi connectivity index (χ4n) is 4.57. The first-order valence-corrected chi connectivity index (χ1v) is 14.9. The highest BCUT2D eigenvalue weighted by atomic mass is 32.2. The molecule has 0 spiro atoms. The van der Waals surface area contributed by atoms with Crippen LogP contribution in [0, 0.1) is 6.92 Å². The van der Waals surface area contributed by atoms with Gasteiger partial charge in [-0.2, -0.15) is 9.98 Å². The molecule has 1 aliphatic rings. The van der Waals surface area contributed by atoms with Gasteiger partial charge in [0.25, 0.3) is 11.9 Å². The van der Waals surface area contributed by atoms with E-state index in [4.69, 9.17) is 0 Å². The first-order chi connectivity index (χ1) is 21.8. The Hall–Kier alpha value is -5.18. The Morgan fingerprint density at radius 2 is 1.76 bits per heavy atom. The van der Waals surface area contributed by atoms with E-state index in [1.807, 2.05) is 39.0 Å². The molecule has 11 nitrogen and oxygen atoms in total. The molecular weight excluding hydrogens is 623 g/mol. The molecule has 5 rings (SSSR count). The molecule has 0 saturated carbocycles. The zero-order valence-corrected chi connectivity index (χ0v) is 25.9. The van der Waals surface area contributed by atoms with Crippen molar-refractivity contribution >= 4 is 52.1 Å².